The topological polar surface area (TPSA) is 81.9 Å². The highest BCUT2D eigenvalue weighted by Crippen LogP contribution is 2.21. The average Bonchev–Trinajstić information content (AvgIpc) is 2.41. The summed E-state index contributed by atoms with van der Waals surface area (Å²) in [5.41, 5.74) is 3.64. The Morgan fingerprint density at radius 2 is 2.30 bits per heavy atom. The molecular formula is C15H20N2O3. The smallest absolute Gasteiger partial charge is 0.240 e. The maximum absolute atomic E-state index is 11.4. The number of hydrogen-bond acceptors (Lipinski definition) is 4. The van der Waals surface area contributed by atoms with Gasteiger partial charge in [-0.1, -0.05) is 18.2 Å². The first-order valence-corrected chi connectivity index (χ1v) is 6.46. The SMILES string of the molecule is C=CCc1cccc(C=NNC(=O)CCC(C)O)c1O. The van der Waals surface area contributed by atoms with Gasteiger partial charge in [0.15, 0.2) is 0 Å². The Morgan fingerprint density at radius 1 is 1.55 bits per heavy atom. The van der Waals surface area contributed by atoms with E-state index in [4.69, 9.17) is 5.11 Å². The maximum atomic E-state index is 11.4. The molecular weight excluding hydrogens is 256 g/mol. The third-order valence-electron chi connectivity index (χ3n) is 2.70. The van der Waals surface area contributed by atoms with E-state index in [0.717, 1.165) is 5.56 Å². The van der Waals surface area contributed by atoms with Crippen LogP contribution in [0.2, 0.25) is 0 Å². The van der Waals surface area contributed by atoms with Crippen molar-refractivity contribution in [2.24, 2.45) is 5.10 Å². The largest absolute Gasteiger partial charge is 0.507 e. The first-order chi connectivity index (χ1) is 9.54. The van der Waals surface area contributed by atoms with Crippen molar-refractivity contribution in [1.29, 1.82) is 0 Å². The predicted octanol–water partition coefficient (Wildman–Crippen LogP) is 1.73. The van der Waals surface area contributed by atoms with Crippen molar-refractivity contribution in [3.05, 3.63) is 42.0 Å². The molecule has 0 fully saturated rings. The first-order valence-electron chi connectivity index (χ1n) is 6.46. The number of para-hydroxylation sites is 1. The van der Waals surface area contributed by atoms with Gasteiger partial charge in [0.05, 0.1) is 12.3 Å². The molecule has 0 aliphatic rings. The van der Waals surface area contributed by atoms with Crippen LogP contribution in [-0.2, 0) is 11.2 Å². The molecule has 0 saturated carbocycles. The second kappa shape index (κ2) is 8.12. The zero-order valence-electron chi connectivity index (χ0n) is 11.5. The van der Waals surface area contributed by atoms with Gasteiger partial charge >= 0.3 is 0 Å². The lowest BCUT2D eigenvalue weighted by atomic mass is 10.1. The van der Waals surface area contributed by atoms with Crippen LogP contribution in [0.5, 0.6) is 5.75 Å². The lowest BCUT2D eigenvalue weighted by Gasteiger charge is -2.05. The number of aliphatic hydroxyl groups is 1. The first kappa shape index (κ1) is 15.9. The van der Waals surface area contributed by atoms with Gasteiger partial charge in [-0.15, -0.1) is 6.58 Å². The number of carbonyl (C=O) groups excluding carboxylic acids is 1. The van der Waals surface area contributed by atoms with Crippen LogP contribution in [0.1, 0.15) is 30.9 Å². The average molecular weight is 276 g/mol. The van der Waals surface area contributed by atoms with Crippen LogP contribution < -0.4 is 5.43 Å². The number of hydrazone groups is 1. The molecule has 1 aromatic carbocycles. The van der Waals surface area contributed by atoms with Gasteiger partial charge < -0.3 is 10.2 Å². The molecule has 3 N–H and O–H groups in total. The van der Waals surface area contributed by atoms with Crippen molar-refractivity contribution in [1.82, 2.24) is 5.43 Å². The number of nitrogens with one attached hydrogen (secondary N) is 1. The molecule has 0 bridgehead atoms. The lowest BCUT2D eigenvalue weighted by molar-refractivity contribution is -0.121. The van der Waals surface area contributed by atoms with Crippen LogP contribution in [0.25, 0.3) is 0 Å². The summed E-state index contributed by atoms with van der Waals surface area (Å²) >= 11 is 0. The molecule has 1 rings (SSSR count). The Hall–Kier alpha value is -2.14. The molecule has 0 aliphatic heterocycles. The van der Waals surface area contributed by atoms with Crippen LogP contribution in [-0.4, -0.2) is 28.4 Å². The minimum atomic E-state index is -0.510. The van der Waals surface area contributed by atoms with Gasteiger partial charge in [0.25, 0.3) is 0 Å². The molecule has 0 saturated heterocycles. The Balaban J connectivity index is 2.60. The van der Waals surface area contributed by atoms with Gasteiger partial charge in [0, 0.05) is 12.0 Å². The van der Waals surface area contributed by atoms with Gasteiger partial charge in [-0.2, -0.15) is 5.10 Å². The predicted molar refractivity (Wildman–Crippen MR) is 78.7 cm³/mol. The summed E-state index contributed by atoms with van der Waals surface area (Å²) in [6.07, 6.45) is 3.74. The second-order valence-electron chi connectivity index (χ2n) is 4.53. The zero-order valence-corrected chi connectivity index (χ0v) is 11.5. The molecule has 20 heavy (non-hydrogen) atoms. The van der Waals surface area contributed by atoms with E-state index in [0.29, 0.717) is 18.4 Å². The molecule has 108 valence electrons. The van der Waals surface area contributed by atoms with Crippen LogP contribution >= 0.6 is 0 Å². The van der Waals surface area contributed by atoms with E-state index in [1.807, 2.05) is 0 Å². The third kappa shape index (κ3) is 5.24. The fraction of sp³-hybridized carbons (Fsp3) is 0.333. The Morgan fingerprint density at radius 3 is 2.95 bits per heavy atom. The molecule has 1 unspecified atom stereocenters. The molecule has 0 spiro atoms. The molecule has 1 atom stereocenters. The highest BCUT2D eigenvalue weighted by Gasteiger charge is 2.05. The number of amides is 1. The zero-order chi connectivity index (χ0) is 15.0. The Kier molecular flexibility index (Phi) is 6.46. The number of allylic oxidation sites excluding steroid dienone is 1. The summed E-state index contributed by atoms with van der Waals surface area (Å²) in [5, 5.41) is 22.8. The third-order valence-corrected chi connectivity index (χ3v) is 2.70. The van der Waals surface area contributed by atoms with Gasteiger partial charge in [-0.3, -0.25) is 4.79 Å². The molecule has 0 aromatic heterocycles. The molecule has 0 heterocycles. The maximum Gasteiger partial charge on any atom is 0.240 e. The number of benzene rings is 1. The van der Waals surface area contributed by atoms with E-state index in [9.17, 15) is 9.90 Å². The van der Waals surface area contributed by atoms with Gasteiger partial charge in [-0.25, -0.2) is 5.43 Å². The fourth-order valence-corrected chi connectivity index (χ4v) is 1.61. The highest BCUT2D eigenvalue weighted by molar-refractivity contribution is 5.85. The van der Waals surface area contributed by atoms with Crippen molar-refractivity contribution in [3.8, 4) is 5.75 Å². The number of hydrogen-bond donors (Lipinski definition) is 3. The van der Waals surface area contributed by atoms with Crippen molar-refractivity contribution in [2.45, 2.75) is 32.3 Å². The molecule has 0 radical (unpaired) electrons. The summed E-state index contributed by atoms with van der Waals surface area (Å²) in [7, 11) is 0. The van der Waals surface area contributed by atoms with E-state index in [-0.39, 0.29) is 18.1 Å². The number of phenols is 1. The van der Waals surface area contributed by atoms with Crippen LogP contribution in [0, 0.1) is 0 Å². The number of nitrogens with zero attached hydrogens (tertiary/aromatic N) is 1. The summed E-state index contributed by atoms with van der Waals surface area (Å²) in [6.45, 7) is 5.25. The molecule has 1 amide bonds. The summed E-state index contributed by atoms with van der Waals surface area (Å²) in [4.78, 5) is 11.4. The van der Waals surface area contributed by atoms with E-state index < -0.39 is 6.10 Å². The van der Waals surface area contributed by atoms with E-state index in [2.05, 4.69) is 17.1 Å². The van der Waals surface area contributed by atoms with Crippen LogP contribution in [0.4, 0.5) is 0 Å². The summed E-state index contributed by atoms with van der Waals surface area (Å²) in [6, 6.07) is 5.30. The number of aromatic hydroxyl groups is 1. The van der Waals surface area contributed by atoms with E-state index >= 15 is 0 Å². The van der Waals surface area contributed by atoms with Gasteiger partial charge in [0.2, 0.25) is 5.91 Å². The minimum Gasteiger partial charge on any atom is -0.507 e. The van der Waals surface area contributed by atoms with E-state index in [1.54, 1.807) is 31.2 Å². The quantitative estimate of drug-likeness (QED) is 0.403. The van der Waals surface area contributed by atoms with Crippen molar-refractivity contribution in [3.63, 3.8) is 0 Å². The Bertz CT molecular complexity index is 496. The van der Waals surface area contributed by atoms with Gasteiger partial charge in [0.1, 0.15) is 5.75 Å². The Labute approximate surface area is 118 Å². The standard InChI is InChI=1S/C15H20N2O3/c1-3-5-12-6-4-7-13(15(12)20)10-16-17-14(19)9-8-11(2)18/h3-4,6-7,10-11,18,20H,1,5,8-9H2,2H3,(H,17,19). The number of carbonyl (C=O) groups is 1. The number of rotatable bonds is 7. The summed E-state index contributed by atoms with van der Waals surface area (Å²) in [5.74, 6) is -0.140. The number of phenolic OH excluding ortho intramolecular Hbond substituents is 1. The molecule has 1 aromatic rings. The van der Waals surface area contributed by atoms with Crippen molar-refractivity contribution in [2.75, 3.05) is 0 Å². The second-order valence-corrected chi connectivity index (χ2v) is 4.53. The fourth-order valence-electron chi connectivity index (χ4n) is 1.61. The lowest BCUT2D eigenvalue weighted by Crippen LogP contribution is -2.18. The number of aliphatic hydroxyl groups excluding tert-OH is 1. The van der Waals surface area contributed by atoms with Crippen molar-refractivity contribution >= 4 is 12.1 Å². The molecule has 5 nitrogen and oxygen atoms in total. The minimum absolute atomic E-state index is 0.134. The molecule has 5 heteroatoms. The molecule has 0 aliphatic carbocycles. The van der Waals surface area contributed by atoms with Crippen molar-refractivity contribution < 1.29 is 15.0 Å². The monoisotopic (exact) mass is 276 g/mol. The normalized spacial score (nSPS) is 12.3. The summed E-state index contributed by atoms with van der Waals surface area (Å²) < 4.78 is 0. The highest BCUT2D eigenvalue weighted by atomic mass is 16.3. The van der Waals surface area contributed by atoms with Gasteiger partial charge in [-0.05, 0) is 31.4 Å². The van der Waals surface area contributed by atoms with E-state index in [1.165, 1.54) is 6.21 Å². The van der Waals surface area contributed by atoms with Crippen LogP contribution in [0.3, 0.4) is 0 Å². The van der Waals surface area contributed by atoms with Crippen LogP contribution in [0.15, 0.2) is 36.0 Å².